The Balaban J connectivity index is 2.64. The quantitative estimate of drug-likeness (QED) is 0.773. The van der Waals surface area contributed by atoms with Gasteiger partial charge in [0.25, 0.3) is 5.56 Å². The summed E-state index contributed by atoms with van der Waals surface area (Å²) < 4.78 is 0. The highest BCUT2D eigenvalue weighted by atomic mass is 35.5. The number of hydrogen-bond acceptors (Lipinski definition) is 3. The molecule has 5 nitrogen and oxygen atoms in total. The number of halogens is 1. The van der Waals surface area contributed by atoms with Gasteiger partial charge in [-0.05, 0) is 24.6 Å². The van der Waals surface area contributed by atoms with Crippen LogP contribution in [-0.4, -0.2) is 9.89 Å². The maximum Gasteiger partial charge on any atom is 0.297 e. The first-order chi connectivity index (χ1) is 7.63. The highest BCUT2D eigenvalue weighted by Crippen LogP contribution is 2.20. The highest BCUT2D eigenvalue weighted by molar-refractivity contribution is 6.30. The van der Waals surface area contributed by atoms with Gasteiger partial charge in [-0.15, -0.1) is 4.79 Å². The van der Waals surface area contributed by atoms with Crippen LogP contribution in [-0.2, 0) is 0 Å². The fourth-order valence-electron chi connectivity index (χ4n) is 1.56. The SMILES string of the molecule is Cc1[nH]n(N=N)c(=O)c1-c1ccc(Cl)cc1. The minimum atomic E-state index is -0.338. The smallest absolute Gasteiger partial charge is 0.277 e. The maximum absolute atomic E-state index is 11.8. The maximum atomic E-state index is 11.8. The number of aromatic nitrogens is 2. The lowest BCUT2D eigenvalue weighted by atomic mass is 10.1. The molecule has 2 aromatic rings. The summed E-state index contributed by atoms with van der Waals surface area (Å²) in [5.74, 6) is 0. The van der Waals surface area contributed by atoms with Crippen molar-refractivity contribution in [1.82, 2.24) is 9.89 Å². The van der Waals surface area contributed by atoms with Crippen LogP contribution in [0.3, 0.4) is 0 Å². The van der Waals surface area contributed by atoms with Crippen LogP contribution in [0, 0.1) is 12.5 Å². The third kappa shape index (κ3) is 1.65. The van der Waals surface area contributed by atoms with Crippen LogP contribution < -0.4 is 5.56 Å². The normalized spacial score (nSPS) is 10.4. The molecule has 1 aromatic heterocycles. The highest BCUT2D eigenvalue weighted by Gasteiger charge is 2.12. The molecule has 0 amide bonds. The van der Waals surface area contributed by atoms with Gasteiger partial charge in [0.1, 0.15) is 0 Å². The van der Waals surface area contributed by atoms with E-state index in [9.17, 15) is 4.79 Å². The Morgan fingerprint density at radius 3 is 2.50 bits per heavy atom. The molecule has 1 heterocycles. The average molecular weight is 237 g/mol. The summed E-state index contributed by atoms with van der Waals surface area (Å²) in [6.45, 7) is 1.76. The van der Waals surface area contributed by atoms with Crippen LogP contribution in [0.25, 0.3) is 11.1 Å². The molecule has 0 radical (unpaired) electrons. The van der Waals surface area contributed by atoms with Crippen LogP contribution in [0.2, 0.25) is 5.02 Å². The van der Waals surface area contributed by atoms with Gasteiger partial charge < -0.3 is 0 Å². The Morgan fingerprint density at radius 1 is 1.38 bits per heavy atom. The van der Waals surface area contributed by atoms with Crippen LogP contribution in [0.4, 0.5) is 0 Å². The molecule has 0 saturated carbocycles. The van der Waals surface area contributed by atoms with E-state index in [4.69, 9.17) is 17.1 Å². The van der Waals surface area contributed by atoms with E-state index in [1.807, 2.05) is 0 Å². The summed E-state index contributed by atoms with van der Waals surface area (Å²) in [6.07, 6.45) is 0. The Labute approximate surface area is 96.1 Å². The molecule has 0 unspecified atom stereocenters. The number of benzene rings is 1. The minimum Gasteiger partial charge on any atom is -0.277 e. The number of aromatic amines is 1. The standard InChI is InChI=1S/C10H9ClN4O/c1-6-9(10(16)15(13-6)14-12)7-2-4-8(11)5-3-7/h2-5,12-13H,1H3. The first-order valence-corrected chi connectivity index (χ1v) is 4.96. The van der Waals surface area contributed by atoms with E-state index < -0.39 is 0 Å². The molecule has 1 aromatic carbocycles. The second kappa shape index (κ2) is 3.94. The molecular weight excluding hydrogens is 228 g/mol. The summed E-state index contributed by atoms with van der Waals surface area (Å²) in [5, 5.41) is 6.37. The molecule has 0 aliphatic rings. The summed E-state index contributed by atoms with van der Waals surface area (Å²) in [4.78, 5) is 12.7. The summed E-state index contributed by atoms with van der Waals surface area (Å²) in [6, 6.07) is 6.94. The van der Waals surface area contributed by atoms with E-state index in [0.29, 0.717) is 16.3 Å². The predicted molar refractivity (Wildman–Crippen MR) is 60.8 cm³/mol. The second-order valence-electron chi connectivity index (χ2n) is 3.34. The third-order valence-corrected chi connectivity index (χ3v) is 2.54. The monoisotopic (exact) mass is 236 g/mol. The first-order valence-electron chi connectivity index (χ1n) is 4.59. The van der Waals surface area contributed by atoms with Crippen molar-refractivity contribution < 1.29 is 0 Å². The lowest BCUT2D eigenvalue weighted by Crippen LogP contribution is -2.12. The Bertz CT molecular complexity index is 582. The van der Waals surface area contributed by atoms with Crippen molar-refractivity contribution in [2.75, 3.05) is 0 Å². The zero-order chi connectivity index (χ0) is 11.7. The molecule has 0 aliphatic heterocycles. The van der Waals surface area contributed by atoms with Crippen molar-refractivity contribution in [2.45, 2.75) is 6.92 Å². The van der Waals surface area contributed by atoms with Crippen molar-refractivity contribution in [3.8, 4) is 11.1 Å². The Kier molecular flexibility index (Phi) is 2.62. The summed E-state index contributed by atoms with van der Waals surface area (Å²) >= 11 is 5.77. The molecule has 0 fully saturated rings. The largest absolute Gasteiger partial charge is 0.297 e. The second-order valence-corrected chi connectivity index (χ2v) is 3.77. The van der Waals surface area contributed by atoms with Gasteiger partial charge in [-0.1, -0.05) is 29.0 Å². The fraction of sp³-hybridized carbons (Fsp3) is 0.100. The van der Waals surface area contributed by atoms with Crippen molar-refractivity contribution in [2.24, 2.45) is 5.22 Å². The lowest BCUT2D eigenvalue weighted by molar-refractivity contribution is 0.640. The lowest BCUT2D eigenvalue weighted by Gasteiger charge is -1.97. The van der Waals surface area contributed by atoms with E-state index in [2.05, 4.69) is 10.3 Å². The molecule has 0 bridgehead atoms. The molecule has 82 valence electrons. The van der Waals surface area contributed by atoms with Crippen molar-refractivity contribution in [3.05, 3.63) is 45.3 Å². The van der Waals surface area contributed by atoms with Gasteiger partial charge in [-0.3, -0.25) is 9.89 Å². The van der Waals surface area contributed by atoms with Crippen molar-refractivity contribution in [1.29, 1.82) is 5.53 Å². The zero-order valence-electron chi connectivity index (χ0n) is 8.49. The van der Waals surface area contributed by atoms with Gasteiger partial charge in [0, 0.05) is 10.7 Å². The molecule has 2 rings (SSSR count). The van der Waals surface area contributed by atoms with Gasteiger partial charge in [0.05, 0.1) is 5.56 Å². The van der Waals surface area contributed by atoms with Gasteiger partial charge in [0.2, 0.25) is 0 Å². The van der Waals surface area contributed by atoms with E-state index in [-0.39, 0.29) is 5.56 Å². The van der Waals surface area contributed by atoms with E-state index in [1.165, 1.54) is 0 Å². The zero-order valence-corrected chi connectivity index (χ0v) is 9.25. The molecule has 6 heteroatoms. The van der Waals surface area contributed by atoms with Crippen molar-refractivity contribution >= 4 is 11.6 Å². The van der Waals surface area contributed by atoms with Crippen LogP contribution in [0.1, 0.15) is 5.69 Å². The predicted octanol–water partition coefficient (Wildman–Crippen LogP) is 2.60. The first kappa shape index (κ1) is 10.6. The van der Waals surface area contributed by atoms with Gasteiger partial charge >= 0.3 is 0 Å². The Morgan fingerprint density at radius 2 is 2.00 bits per heavy atom. The molecule has 0 atom stereocenters. The van der Waals surface area contributed by atoms with E-state index in [1.54, 1.807) is 31.2 Å². The van der Waals surface area contributed by atoms with Gasteiger partial charge in [-0.2, -0.15) is 5.53 Å². The number of aryl methyl sites for hydroxylation is 1. The minimum absolute atomic E-state index is 0.338. The van der Waals surface area contributed by atoms with Crippen LogP contribution in [0.5, 0.6) is 0 Å². The molecule has 0 aliphatic carbocycles. The number of rotatable bonds is 2. The number of nitrogens with zero attached hydrogens (tertiary/aromatic N) is 2. The molecule has 0 spiro atoms. The molecule has 2 N–H and O–H groups in total. The van der Waals surface area contributed by atoms with Gasteiger partial charge in [-0.25, -0.2) is 0 Å². The van der Waals surface area contributed by atoms with E-state index >= 15 is 0 Å². The number of nitrogens with one attached hydrogen (secondary N) is 2. The third-order valence-electron chi connectivity index (χ3n) is 2.29. The van der Waals surface area contributed by atoms with Gasteiger partial charge in [0.15, 0.2) is 0 Å². The van der Waals surface area contributed by atoms with E-state index in [0.717, 1.165) is 10.4 Å². The van der Waals surface area contributed by atoms with Crippen LogP contribution >= 0.6 is 11.6 Å². The topological polar surface area (TPSA) is 74.0 Å². The molecule has 0 saturated heterocycles. The fourth-order valence-corrected chi connectivity index (χ4v) is 1.68. The number of H-pyrrole nitrogens is 1. The summed E-state index contributed by atoms with van der Waals surface area (Å²) in [5.41, 5.74) is 8.42. The molecular formula is C10H9ClN4O. The Hall–Kier alpha value is -1.88. The van der Waals surface area contributed by atoms with Crippen LogP contribution in [0.15, 0.2) is 34.3 Å². The van der Waals surface area contributed by atoms with Crippen molar-refractivity contribution in [3.63, 3.8) is 0 Å². The number of hydrogen-bond donors (Lipinski definition) is 2. The average Bonchev–Trinajstić information content (AvgIpc) is 2.56. The summed E-state index contributed by atoms with van der Waals surface area (Å²) in [7, 11) is 0. The molecule has 16 heavy (non-hydrogen) atoms.